The van der Waals surface area contributed by atoms with Crippen molar-refractivity contribution in [3.8, 4) is 0 Å². The number of unbranched alkanes of at least 4 members (excludes halogenated alkanes) is 1. The fourth-order valence-electron chi connectivity index (χ4n) is 7.15. The van der Waals surface area contributed by atoms with E-state index in [1.165, 1.54) is 29.2 Å². The number of carbonyl (C=O) groups excluding carboxylic acids is 7. The molecule has 4 rings (SSSR count). The Morgan fingerprint density at radius 1 is 0.877 bits per heavy atom. The molecule has 0 saturated carbocycles. The minimum absolute atomic E-state index is 0.0253. The van der Waals surface area contributed by atoms with E-state index in [1.54, 1.807) is 6.92 Å². The summed E-state index contributed by atoms with van der Waals surface area (Å²) in [6.07, 6.45) is -0.888. The molecule has 19 nitrogen and oxygen atoms in total. The molecule has 1 aromatic carbocycles. The summed E-state index contributed by atoms with van der Waals surface area (Å²) in [5.74, 6) is -4.26. The van der Waals surface area contributed by atoms with Crippen molar-refractivity contribution in [2.45, 2.75) is 127 Å². The topological polar surface area (TPSA) is 276 Å². The molecule has 9 N–H and O–H groups in total. The van der Waals surface area contributed by atoms with E-state index >= 15 is 0 Å². The van der Waals surface area contributed by atoms with Gasteiger partial charge in [0.05, 0.1) is 12.8 Å². The number of hydrogen-bond acceptors (Lipinski definition) is 13. The van der Waals surface area contributed by atoms with Gasteiger partial charge in [-0.25, -0.2) is 0 Å². The van der Waals surface area contributed by atoms with Crippen molar-refractivity contribution in [3.63, 3.8) is 0 Å². The maximum absolute atomic E-state index is 14.2. The molecule has 57 heavy (non-hydrogen) atoms. The minimum atomic E-state index is -2.08. The van der Waals surface area contributed by atoms with Gasteiger partial charge >= 0.3 is 7.12 Å². The lowest BCUT2D eigenvalue weighted by atomic mass is 9.79. The normalized spacial score (nSPS) is 26.9. The number of aldehydes is 1. The van der Waals surface area contributed by atoms with Crippen LogP contribution in [0.25, 0.3) is 0 Å². The van der Waals surface area contributed by atoms with Crippen LogP contribution in [-0.2, 0) is 38.3 Å². The third-order valence-electron chi connectivity index (χ3n) is 10.5. The summed E-state index contributed by atoms with van der Waals surface area (Å²) < 4.78 is 5.47. The van der Waals surface area contributed by atoms with E-state index < -0.39 is 91.1 Å². The SMILES string of the molecule is CCCCNC1CCCC(=O)NC(CC)C(=O)N2COCC2C(=O)NC(C(O)C(O)c2ccc(B(O)O)cc2)C(=O)NC(CCC=O)C(=O)N2CCCC2C(=O)N1. The van der Waals surface area contributed by atoms with E-state index in [0.29, 0.717) is 38.5 Å². The lowest BCUT2D eigenvalue weighted by molar-refractivity contribution is -0.145. The summed E-state index contributed by atoms with van der Waals surface area (Å²) >= 11 is 0. The number of nitrogens with zero attached hydrogens (tertiary/aromatic N) is 2. The monoisotopic (exact) mass is 801 g/mol. The van der Waals surface area contributed by atoms with Crippen molar-refractivity contribution >= 4 is 54.3 Å². The first-order chi connectivity index (χ1) is 27.3. The summed E-state index contributed by atoms with van der Waals surface area (Å²) in [5, 5.41) is 55.7. The van der Waals surface area contributed by atoms with Gasteiger partial charge in [-0.15, -0.1) is 0 Å². The van der Waals surface area contributed by atoms with Crippen LogP contribution in [-0.4, -0.2) is 148 Å². The molecule has 0 radical (unpaired) electrons. The number of fused-ring (bicyclic) bond motifs is 2. The van der Waals surface area contributed by atoms with Gasteiger partial charge in [-0.2, -0.15) is 0 Å². The molecule has 0 spiro atoms. The van der Waals surface area contributed by atoms with Crippen LogP contribution in [0.15, 0.2) is 24.3 Å². The Kier molecular flexibility index (Phi) is 17.4. The number of hydrogen-bond donors (Lipinski definition) is 9. The molecule has 0 bridgehead atoms. The number of ether oxygens (including phenoxy) is 1. The van der Waals surface area contributed by atoms with E-state index in [9.17, 15) is 53.8 Å². The molecule has 20 heteroatoms. The molecule has 3 aliphatic heterocycles. The molecule has 8 unspecified atom stereocenters. The molecule has 3 saturated heterocycles. The highest BCUT2D eigenvalue weighted by atomic mass is 16.5. The second-order valence-corrected chi connectivity index (χ2v) is 14.6. The third-order valence-corrected chi connectivity index (χ3v) is 10.5. The molecule has 3 fully saturated rings. The van der Waals surface area contributed by atoms with E-state index in [1.807, 2.05) is 6.92 Å². The van der Waals surface area contributed by atoms with Crippen LogP contribution < -0.4 is 32.0 Å². The fourth-order valence-corrected chi connectivity index (χ4v) is 7.15. The van der Waals surface area contributed by atoms with Crippen molar-refractivity contribution in [1.82, 2.24) is 36.4 Å². The van der Waals surface area contributed by atoms with Crippen LogP contribution in [0.1, 0.15) is 89.7 Å². The van der Waals surface area contributed by atoms with Gasteiger partial charge in [-0.05, 0) is 62.5 Å². The number of benzene rings is 1. The van der Waals surface area contributed by atoms with Crippen LogP contribution in [0.3, 0.4) is 0 Å². The maximum Gasteiger partial charge on any atom is 0.488 e. The first-order valence-corrected chi connectivity index (χ1v) is 19.7. The zero-order valence-corrected chi connectivity index (χ0v) is 32.4. The molecule has 314 valence electrons. The fraction of sp³-hybridized carbons (Fsp3) is 0.649. The molecular formula is C37H56BN7O12. The zero-order valence-electron chi connectivity index (χ0n) is 32.4. The largest absolute Gasteiger partial charge is 0.488 e. The van der Waals surface area contributed by atoms with Crippen LogP contribution in [0.4, 0.5) is 0 Å². The van der Waals surface area contributed by atoms with Gasteiger partial charge in [0.25, 0.3) is 0 Å². The van der Waals surface area contributed by atoms with E-state index in [0.717, 1.165) is 17.7 Å². The van der Waals surface area contributed by atoms with Gasteiger partial charge in [0.2, 0.25) is 35.4 Å². The van der Waals surface area contributed by atoms with Crippen molar-refractivity contribution in [2.75, 3.05) is 26.4 Å². The Bertz CT molecular complexity index is 1570. The molecule has 6 amide bonds. The molecular weight excluding hydrogens is 745 g/mol. The Hall–Kier alpha value is -4.47. The number of amides is 6. The van der Waals surface area contributed by atoms with E-state index in [4.69, 9.17) is 4.74 Å². The van der Waals surface area contributed by atoms with Crippen molar-refractivity contribution < 1.29 is 58.6 Å². The van der Waals surface area contributed by atoms with Crippen LogP contribution in [0.2, 0.25) is 0 Å². The predicted octanol–water partition coefficient (Wildman–Crippen LogP) is -3.20. The summed E-state index contributed by atoms with van der Waals surface area (Å²) in [5.41, 5.74) is 0.103. The average Bonchev–Trinajstić information content (AvgIpc) is 3.90. The van der Waals surface area contributed by atoms with E-state index in [2.05, 4.69) is 26.6 Å². The van der Waals surface area contributed by atoms with Crippen LogP contribution in [0.5, 0.6) is 0 Å². The lowest BCUT2D eigenvalue weighted by Gasteiger charge is -2.33. The third kappa shape index (κ3) is 12.0. The highest BCUT2D eigenvalue weighted by Crippen LogP contribution is 2.23. The second kappa shape index (κ2) is 21.9. The number of aliphatic hydroxyl groups excluding tert-OH is 2. The van der Waals surface area contributed by atoms with Crippen LogP contribution >= 0.6 is 0 Å². The van der Waals surface area contributed by atoms with Crippen molar-refractivity contribution in [3.05, 3.63) is 29.8 Å². The highest BCUT2D eigenvalue weighted by Gasteiger charge is 2.44. The minimum Gasteiger partial charge on any atom is -0.423 e. The number of nitrogens with one attached hydrogen (secondary N) is 5. The molecule has 3 aliphatic rings. The lowest BCUT2D eigenvalue weighted by Crippen LogP contribution is -2.62. The molecule has 0 aromatic heterocycles. The molecule has 3 heterocycles. The Labute approximate surface area is 331 Å². The maximum atomic E-state index is 14.2. The molecule has 8 atom stereocenters. The van der Waals surface area contributed by atoms with Gasteiger partial charge in [-0.1, -0.05) is 44.5 Å². The summed E-state index contributed by atoms with van der Waals surface area (Å²) in [4.78, 5) is 96.7. The summed E-state index contributed by atoms with van der Waals surface area (Å²) in [7, 11) is -1.82. The molecule has 1 aromatic rings. The number of carbonyl (C=O) groups is 7. The summed E-state index contributed by atoms with van der Waals surface area (Å²) in [6, 6.07) is -1.55. The Balaban J connectivity index is 1.72. The average molecular weight is 802 g/mol. The molecule has 0 aliphatic carbocycles. The zero-order chi connectivity index (χ0) is 41.6. The van der Waals surface area contributed by atoms with Gasteiger partial charge < -0.3 is 60.9 Å². The van der Waals surface area contributed by atoms with Gasteiger partial charge in [0.15, 0.2) is 0 Å². The second-order valence-electron chi connectivity index (χ2n) is 14.6. The van der Waals surface area contributed by atoms with Crippen molar-refractivity contribution in [2.24, 2.45) is 0 Å². The smallest absolute Gasteiger partial charge is 0.423 e. The van der Waals surface area contributed by atoms with Crippen LogP contribution in [0, 0.1) is 0 Å². The van der Waals surface area contributed by atoms with Gasteiger partial charge in [0, 0.05) is 19.4 Å². The predicted molar refractivity (Wildman–Crippen MR) is 203 cm³/mol. The quantitative estimate of drug-likeness (QED) is 0.0573. The van der Waals surface area contributed by atoms with Crippen molar-refractivity contribution in [1.29, 1.82) is 0 Å². The van der Waals surface area contributed by atoms with Gasteiger partial charge in [-0.3, -0.25) is 34.1 Å². The summed E-state index contributed by atoms with van der Waals surface area (Å²) in [6.45, 7) is 3.83. The number of aliphatic hydroxyl groups is 2. The van der Waals surface area contributed by atoms with E-state index in [-0.39, 0.29) is 56.6 Å². The first-order valence-electron chi connectivity index (χ1n) is 19.7. The standard InChI is InChI=1S/C37H56BN7O12/c1-3-5-17-39-28-11-6-12-29(47)40-24(4-2)36(53)45-21-57-20-27(45)34(51)43-30(32(49)31(48)22-13-15-23(16-14-22)38(55)56)35(52)41-25(9-8-19-46)37(54)44-18-7-10-26(44)33(50)42-28/h13-16,19,24-28,30-32,39,48-49,55-56H,3-12,17-18,20-21H2,1-2H3,(H,40,47)(H,41,52)(H,42,50)(H,43,51). The van der Waals surface area contributed by atoms with Gasteiger partial charge in [0.1, 0.15) is 55.4 Å². The Morgan fingerprint density at radius 3 is 2.25 bits per heavy atom. The number of rotatable bonds is 12. The highest BCUT2D eigenvalue weighted by molar-refractivity contribution is 6.58. The Morgan fingerprint density at radius 2 is 1.58 bits per heavy atom. The first kappa shape index (κ1) is 45.2.